The van der Waals surface area contributed by atoms with Gasteiger partial charge in [0.15, 0.2) is 0 Å². The fourth-order valence-electron chi connectivity index (χ4n) is 1.51. The van der Waals surface area contributed by atoms with Crippen LogP contribution in [0.1, 0.15) is 0 Å². The molecule has 0 aliphatic carbocycles. The number of aromatic nitrogens is 4. The summed E-state index contributed by atoms with van der Waals surface area (Å²) in [6, 6.07) is 0. The van der Waals surface area contributed by atoms with E-state index in [1.165, 1.54) is 0 Å². The fraction of sp³-hybridized carbons (Fsp3) is 0.714. The highest BCUT2D eigenvalue weighted by Crippen LogP contribution is 2.12. The maximum Gasteiger partial charge on any atom is 0.245 e. The monoisotopic (exact) mass is 211 g/mol. The van der Waals surface area contributed by atoms with E-state index in [9.17, 15) is 0 Å². The fourth-order valence-corrected chi connectivity index (χ4v) is 1.51. The van der Waals surface area contributed by atoms with Gasteiger partial charge in [0, 0.05) is 13.6 Å². The second-order valence-electron chi connectivity index (χ2n) is 3.36. The number of nitrogens with one attached hydrogen (secondary N) is 1. The van der Waals surface area contributed by atoms with Gasteiger partial charge in [0.2, 0.25) is 5.95 Å². The number of rotatable bonds is 2. The number of nitrogens with two attached hydrogens (primary N) is 1. The first-order valence-corrected chi connectivity index (χ1v) is 4.61. The van der Waals surface area contributed by atoms with E-state index in [0.717, 1.165) is 0 Å². The van der Waals surface area contributed by atoms with Crippen LogP contribution in [0.5, 0.6) is 0 Å². The first-order chi connectivity index (χ1) is 7.18. The van der Waals surface area contributed by atoms with E-state index in [4.69, 9.17) is 15.9 Å². The van der Waals surface area contributed by atoms with Crippen molar-refractivity contribution in [2.45, 2.75) is 6.10 Å². The van der Waals surface area contributed by atoms with Gasteiger partial charge in [-0.05, 0) is 10.4 Å². The molecule has 0 bridgehead atoms. The van der Waals surface area contributed by atoms with Crippen molar-refractivity contribution < 1.29 is 4.74 Å². The Hall–Kier alpha value is -1.70. The number of aryl methyl sites for hydroxylation is 1. The van der Waals surface area contributed by atoms with Crippen LogP contribution in [0.15, 0.2) is 0 Å². The van der Waals surface area contributed by atoms with Crippen molar-refractivity contribution in [3.63, 3.8) is 0 Å². The van der Waals surface area contributed by atoms with Crippen molar-refractivity contribution in [3.8, 4) is 0 Å². The minimum Gasteiger partial charge on any atom is -0.385 e. The van der Waals surface area contributed by atoms with Crippen molar-refractivity contribution in [1.82, 2.24) is 20.2 Å². The zero-order chi connectivity index (χ0) is 10.8. The van der Waals surface area contributed by atoms with Crippen molar-refractivity contribution in [1.29, 1.82) is 5.41 Å². The minimum absolute atomic E-state index is 0.0369. The molecule has 8 heteroatoms. The number of tetrazole rings is 1. The topological polar surface area (TPSA) is 106 Å². The smallest absolute Gasteiger partial charge is 0.245 e. The maximum atomic E-state index is 7.33. The van der Waals surface area contributed by atoms with Gasteiger partial charge < -0.3 is 15.4 Å². The quantitative estimate of drug-likeness (QED) is 0.448. The van der Waals surface area contributed by atoms with Crippen LogP contribution in [-0.4, -0.2) is 51.8 Å². The summed E-state index contributed by atoms with van der Waals surface area (Å²) in [5, 5.41) is 18.5. The Morgan fingerprint density at radius 2 is 2.47 bits per heavy atom. The van der Waals surface area contributed by atoms with Crippen LogP contribution >= 0.6 is 0 Å². The van der Waals surface area contributed by atoms with Gasteiger partial charge in [-0.3, -0.25) is 5.41 Å². The van der Waals surface area contributed by atoms with Crippen molar-refractivity contribution in [3.05, 3.63) is 0 Å². The lowest BCUT2D eigenvalue weighted by Gasteiger charge is -2.31. The number of amidine groups is 1. The molecule has 1 unspecified atom stereocenters. The normalized spacial score (nSPS) is 21.7. The van der Waals surface area contributed by atoms with Gasteiger partial charge in [-0.25, -0.2) is 4.68 Å². The summed E-state index contributed by atoms with van der Waals surface area (Å²) in [6.07, 6.45) is -0.365. The van der Waals surface area contributed by atoms with E-state index in [1.54, 1.807) is 11.7 Å². The van der Waals surface area contributed by atoms with E-state index < -0.39 is 0 Å². The predicted molar refractivity (Wildman–Crippen MR) is 52.7 cm³/mol. The lowest BCUT2D eigenvalue weighted by atomic mass is 10.2. The third kappa shape index (κ3) is 1.89. The lowest BCUT2D eigenvalue weighted by molar-refractivity contribution is 0.0817. The number of ether oxygens (including phenoxy) is 1. The highest BCUT2D eigenvalue weighted by Gasteiger charge is 2.25. The predicted octanol–water partition coefficient (Wildman–Crippen LogP) is -1.65. The number of morpholine rings is 1. The molecule has 0 aromatic carbocycles. The molecule has 1 aliphatic heterocycles. The van der Waals surface area contributed by atoms with Crippen LogP contribution < -0.4 is 10.6 Å². The van der Waals surface area contributed by atoms with Crippen LogP contribution in [0.4, 0.5) is 5.95 Å². The van der Waals surface area contributed by atoms with E-state index >= 15 is 0 Å². The molecule has 1 atom stereocenters. The summed E-state index contributed by atoms with van der Waals surface area (Å²) in [5.74, 6) is 0.708. The second kappa shape index (κ2) is 3.81. The molecule has 1 fully saturated rings. The second-order valence-corrected chi connectivity index (χ2v) is 3.36. The van der Waals surface area contributed by atoms with Gasteiger partial charge in [0.1, 0.15) is 11.9 Å². The van der Waals surface area contributed by atoms with Gasteiger partial charge in [0.25, 0.3) is 0 Å². The molecule has 1 aromatic rings. The zero-order valence-electron chi connectivity index (χ0n) is 8.42. The number of hydrogen-bond acceptors (Lipinski definition) is 6. The molecule has 15 heavy (non-hydrogen) atoms. The van der Waals surface area contributed by atoms with Crippen molar-refractivity contribution in [2.24, 2.45) is 12.8 Å². The number of anilines is 1. The van der Waals surface area contributed by atoms with Crippen molar-refractivity contribution >= 4 is 11.8 Å². The SMILES string of the molecule is Cn1nnnc1N1CCOC(C(=N)N)C1. The van der Waals surface area contributed by atoms with E-state index in [2.05, 4.69) is 15.5 Å². The molecule has 1 aromatic heterocycles. The Kier molecular flexibility index (Phi) is 2.50. The Labute approximate surface area is 86.5 Å². The Bertz CT molecular complexity index is 362. The van der Waals surface area contributed by atoms with E-state index in [0.29, 0.717) is 25.6 Å². The van der Waals surface area contributed by atoms with Crippen LogP contribution in [0, 0.1) is 5.41 Å². The van der Waals surface area contributed by atoms with Crippen LogP contribution in [0.25, 0.3) is 0 Å². The summed E-state index contributed by atoms with van der Waals surface area (Å²) >= 11 is 0. The summed E-state index contributed by atoms with van der Waals surface area (Å²) < 4.78 is 6.92. The Morgan fingerprint density at radius 1 is 1.67 bits per heavy atom. The Morgan fingerprint density at radius 3 is 3.07 bits per heavy atom. The molecule has 1 saturated heterocycles. The molecule has 8 nitrogen and oxygen atoms in total. The summed E-state index contributed by atoms with van der Waals surface area (Å²) in [6.45, 7) is 1.75. The molecule has 1 aliphatic rings. The maximum absolute atomic E-state index is 7.33. The zero-order valence-corrected chi connectivity index (χ0v) is 8.42. The van der Waals surface area contributed by atoms with Crippen molar-refractivity contribution in [2.75, 3.05) is 24.6 Å². The molecule has 0 saturated carbocycles. The third-order valence-corrected chi connectivity index (χ3v) is 2.29. The average molecular weight is 211 g/mol. The standard InChI is InChI=1S/C7H13N7O/c1-13-7(10-11-12-13)14-2-3-15-5(4-14)6(8)9/h5H,2-4H2,1H3,(H3,8,9). The third-order valence-electron chi connectivity index (χ3n) is 2.29. The van der Waals surface area contributed by atoms with E-state index in [-0.39, 0.29) is 11.9 Å². The van der Waals surface area contributed by atoms with Gasteiger partial charge in [0.05, 0.1) is 13.2 Å². The van der Waals surface area contributed by atoms with Crippen LogP contribution in [0.2, 0.25) is 0 Å². The molecular weight excluding hydrogens is 198 g/mol. The highest BCUT2D eigenvalue weighted by atomic mass is 16.5. The first-order valence-electron chi connectivity index (χ1n) is 4.61. The molecule has 82 valence electrons. The first kappa shape index (κ1) is 9.84. The lowest BCUT2D eigenvalue weighted by Crippen LogP contribution is -2.49. The van der Waals surface area contributed by atoms with Crippen LogP contribution in [0.3, 0.4) is 0 Å². The molecule has 0 spiro atoms. The average Bonchev–Trinajstić information content (AvgIpc) is 2.64. The molecular formula is C7H13N7O. The number of hydrogen-bond donors (Lipinski definition) is 2. The molecule has 0 amide bonds. The number of nitrogens with zero attached hydrogens (tertiary/aromatic N) is 5. The van der Waals surface area contributed by atoms with Gasteiger partial charge in [-0.15, -0.1) is 0 Å². The van der Waals surface area contributed by atoms with Gasteiger partial charge in [-0.2, -0.15) is 0 Å². The summed E-state index contributed by atoms with van der Waals surface area (Å²) in [7, 11) is 1.77. The molecule has 0 radical (unpaired) electrons. The summed E-state index contributed by atoms with van der Waals surface area (Å²) in [5.41, 5.74) is 5.39. The highest BCUT2D eigenvalue weighted by molar-refractivity contribution is 5.82. The van der Waals surface area contributed by atoms with Gasteiger partial charge in [-0.1, -0.05) is 5.10 Å². The molecule has 2 heterocycles. The minimum atomic E-state index is -0.365. The molecule has 3 N–H and O–H groups in total. The van der Waals surface area contributed by atoms with E-state index in [1.807, 2.05) is 4.90 Å². The largest absolute Gasteiger partial charge is 0.385 e. The molecule has 2 rings (SSSR count). The van der Waals surface area contributed by atoms with Gasteiger partial charge >= 0.3 is 0 Å². The Balaban J connectivity index is 2.11. The summed E-state index contributed by atoms with van der Waals surface area (Å²) in [4.78, 5) is 1.95. The van der Waals surface area contributed by atoms with Crippen LogP contribution in [-0.2, 0) is 11.8 Å².